The molecule has 2 saturated heterocycles. The number of benzene rings is 3. The molecule has 0 aliphatic carbocycles. The molecule has 0 aromatic heterocycles. The number of allylic oxidation sites excluding steroid dienone is 1. The summed E-state index contributed by atoms with van der Waals surface area (Å²) in [7, 11) is 1.67. The first-order valence-corrected chi connectivity index (χ1v) is 15.4. The molecule has 3 heterocycles. The highest BCUT2D eigenvalue weighted by Crippen LogP contribution is 2.42. The molecule has 0 spiro atoms. The Morgan fingerprint density at radius 2 is 1.59 bits per heavy atom. The maximum atomic E-state index is 14.1. The van der Waals surface area contributed by atoms with E-state index in [-0.39, 0.29) is 42.4 Å². The van der Waals surface area contributed by atoms with Gasteiger partial charge in [-0.2, -0.15) is 0 Å². The number of fused-ring (bicyclic) bond motifs is 1. The van der Waals surface area contributed by atoms with Crippen molar-refractivity contribution >= 4 is 35.5 Å². The number of nitrogens with zero attached hydrogens (tertiary/aromatic N) is 2. The van der Waals surface area contributed by atoms with E-state index in [2.05, 4.69) is 5.32 Å². The van der Waals surface area contributed by atoms with E-state index in [9.17, 15) is 19.2 Å². The average Bonchev–Trinajstić information content (AvgIpc) is 3.38. The number of hydrogen-bond acceptors (Lipinski definition) is 8. The number of thioether (sulfide) groups is 1. The van der Waals surface area contributed by atoms with Gasteiger partial charge in [0.25, 0.3) is 5.91 Å². The number of ether oxygens (including phenoxy) is 1. The number of likely N-dealkylation sites (N-methyl/N-ethyl adjacent to an activating group) is 1. The van der Waals surface area contributed by atoms with Crippen LogP contribution in [0.15, 0.2) is 114 Å². The van der Waals surface area contributed by atoms with Crippen molar-refractivity contribution in [3.63, 3.8) is 0 Å². The Morgan fingerprint density at radius 3 is 2.18 bits per heavy atom. The van der Waals surface area contributed by atoms with Gasteiger partial charge >= 0.3 is 11.9 Å². The second kappa shape index (κ2) is 12.9. The largest absolute Gasteiger partial charge is 0.448 e. The van der Waals surface area contributed by atoms with Crippen LogP contribution in [-0.2, 0) is 35.2 Å². The molecule has 10 heteroatoms. The molecule has 0 bridgehead atoms. The second-order valence-electron chi connectivity index (χ2n) is 10.7. The van der Waals surface area contributed by atoms with Crippen LogP contribution in [0.1, 0.15) is 29.2 Å². The molecule has 44 heavy (non-hydrogen) atoms. The average molecular weight is 610 g/mol. The number of hydrogen-bond donors (Lipinski definition) is 1. The molecular weight excluding hydrogens is 578 g/mol. The van der Waals surface area contributed by atoms with Gasteiger partial charge in [-0.05, 0) is 22.3 Å². The van der Waals surface area contributed by atoms with Crippen molar-refractivity contribution in [2.24, 2.45) is 0 Å². The van der Waals surface area contributed by atoms with Crippen LogP contribution in [0.4, 0.5) is 0 Å². The van der Waals surface area contributed by atoms with E-state index in [1.165, 1.54) is 21.7 Å². The van der Waals surface area contributed by atoms with E-state index < -0.39 is 23.5 Å². The monoisotopic (exact) mass is 609 g/mol. The molecule has 3 aliphatic rings. The smallest absolute Gasteiger partial charge is 0.356 e. The lowest BCUT2D eigenvalue weighted by atomic mass is 10.00. The molecule has 0 saturated carbocycles. The molecule has 6 rings (SSSR count). The number of β-lactam (4-membered cyclic amide) rings is 1. The van der Waals surface area contributed by atoms with E-state index in [0.29, 0.717) is 11.3 Å². The van der Waals surface area contributed by atoms with Crippen molar-refractivity contribution in [3.05, 3.63) is 131 Å². The lowest BCUT2D eigenvalue weighted by molar-refractivity contribution is -0.167. The molecule has 2 amide bonds. The molecule has 3 aromatic carbocycles. The Kier molecular flexibility index (Phi) is 8.63. The van der Waals surface area contributed by atoms with Gasteiger partial charge in [0.05, 0.1) is 18.9 Å². The number of carbonyl (C=O) groups is 4. The predicted octanol–water partition coefficient (Wildman–Crippen LogP) is 3.93. The molecule has 9 nitrogen and oxygen atoms in total. The zero-order chi connectivity index (χ0) is 30.6. The maximum absolute atomic E-state index is 14.1. The highest BCUT2D eigenvalue weighted by molar-refractivity contribution is 8.00. The Bertz CT molecular complexity index is 1570. The second-order valence-corrected chi connectivity index (χ2v) is 11.8. The molecule has 3 atom stereocenters. The third-order valence-electron chi connectivity index (χ3n) is 7.75. The summed E-state index contributed by atoms with van der Waals surface area (Å²) in [4.78, 5) is 58.8. The Morgan fingerprint density at radius 1 is 0.977 bits per heavy atom. The highest BCUT2D eigenvalue weighted by Gasteiger charge is 2.54. The van der Waals surface area contributed by atoms with Gasteiger partial charge < -0.3 is 14.9 Å². The summed E-state index contributed by atoms with van der Waals surface area (Å²) in [5.74, 6) is -1.24. The quantitative estimate of drug-likeness (QED) is 0.288. The molecule has 3 aromatic rings. The van der Waals surface area contributed by atoms with E-state index in [1.54, 1.807) is 19.2 Å². The summed E-state index contributed by atoms with van der Waals surface area (Å²) in [5.41, 5.74) is 3.14. The van der Waals surface area contributed by atoms with Crippen LogP contribution >= 0.6 is 11.8 Å². The van der Waals surface area contributed by atoms with Gasteiger partial charge in [0.1, 0.15) is 17.1 Å². The predicted molar refractivity (Wildman–Crippen MR) is 164 cm³/mol. The number of hydroxylamine groups is 2. The minimum absolute atomic E-state index is 0.133. The zero-order valence-corrected chi connectivity index (χ0v) is 24.8. The number of esters is 1. The van der Waals surface area contributed by atoms with Crippen LogP contribution in [0.5, 0.6) is 0 Å². The van der Waals surface area contributed by atoms with Gasteiger partial charge in [-0.3, -0.25) is 19.3 Å². The fraction of sp³-hybridized carbons (Fsp3) is 0.235. The van der Waals surface area contributed by atoms with Gasteiger partial charge in [0, 0.05) is 12.8 Å². The topological polar surface area (TPSA) is 105 Å². The molecule has 2 fully saturated rings. The Hall–Kier alpha value is -4.67. The van der Waals surface area contributed by atoms with Crippen molar-refractivity contribution in [3.8, 4) is 0 Å². The summed E-state index contributed by atoms with van der Waals surface area (Å²) in [6.45, 7) is 0. The first-order chi connectivity index (χ1) is 21.4. The molecule has 3 aliphatic heterocycles. The summed E-state index contributed by atoms with van der Waals surface area (Å²) in [5, 5.41) is 3.86. The lowest BCUT2D eigenvalue weighted by Gasteiger charge is -2.49. The molecular formula is C34H31N3O6S. The number of rotatable bonds is 9. The number of nitrogens with one attached hydrogen (secondary N) is 1. The summed E-state index contributed by atoms with van der Waals surface area (Å²) in [6.07, 6.45) is 3.17. The van der Waals surface area contributed by atoms with Crippen molar-refractivity contribution in [2.75, 3.05) is 12.8 Å². The zero-order valence-electron chi connectivity index (χ0n) is 24.0. The van der Waals surface area contributed by atoms with E-state index in [0.717, 1.165) is 16.7 Å². The lowest BCUT2D eigenvalue weighted by Crippen LogP contribution is -2.70. The van der Waals surface area contributed by atoms with Crippen LogP contribution in [0.2, 0.25) is 0 Å². The van der Waals surface area contributed by atoms with Gasteiger partial charge in [-0.1, -0.05) is 103 Å². The van der Waals surface area contributed by atoms with Gasteiger partial charge in [0.2, 0.25) is 5.91 Å². The SMILES string of the molecule is CN1OC(=O)CC1/C=C/C1=C(C(=O)OC(c2ccccc2)c2ccccc2)N2C(=O)C(NC(=O)Cc3ccccc3)C2SC1. The van der Waals surface area contributed by atoms with Crippen molar-refractivity contribution in [1.82, 2.24) is 15.3 Å². The van der Waals surface area contributed by atoms with E-state index in [4.69, 9.17) is 9.57 Å². The number of amides is 2. The van der Waals surface area contributed by atoms with Gasteiger partial charge in [0.15, 0.2) is 6.10 Å². The van der Waals surface area contributed by atoms with Crippen LogP contribution in [0.25, 0.3) is 0 Å². The minimum Gasteiger partial charge on any atom is -0.448 e. The molecule has 1 N–H and O–H groups in total. The fourth-order valence-electron chi connectivity index (χ4n) is 5.49. The Balaban J connectivity index is 1.28. The molecule has 0 radical (unpaired) electrons. The van der Waals surface area contributed by atoms with Crippen LogP contribution in [-0.4, -0.2) is 64.0 Å². The standard InChI is InChI=1S/C34H31N3O6S/c1-36-26(20-28(39)43-36)18-17-25-21-44-33-29(35-27(38)19-22-11-5-2-6-12-22)32(40)37(33)30(25)34(41)42-31(23-13-7-3-8-14-23)24-15-9-4-10-16-24/h2-18,26,29,31,33H,19-21H2,1H3,(H,35,38)/b18-17+. The first kappa shape index (κ1) is 29.4. The van der Waals surface area contributed by atoms with Gasteiger partial charge in [-0.15, -0.1) is 16.8 Å². The number of carbonyl (C=O) groups excluding carboxylic acids is 4. The summed E-state index contributed by atoms with van der Waals surface area (Å²) >= 11 is 1.46. The van der Waals surface area contributed by atoms with Crippen LogP contribution in [0, 0.1) is 0 Å². The molecule has 3 unspecified atom stereocenters. The molecule has 224 valence electrons. The Labute approximate surface area is 259 Å². The third-order valence-corrected chi connectivity index (χ3v) is 9.06. The van der Waals surface area contributed by atoms with Crippen molar-refractivity contribution in [1.29, 1.82) is 0 Å². The third kappa shape index (κ3) is 6.17. The minimum atomic E-state index is -0.768. The van der Waals surface area contributed by atoms with E-state index in [1.807, 2.05) is 91.0 Å². The van der Waals surface area contributed by atoms with Crippen LogP contribution < -0.4 is 5.32 Å². The van der Waals surface area contributed by atoms with Gasteiger partial charge in [-0.25, -0.2) is 4.79 Å². The maximum Gasteiger partial charge on any atom is 0.356 e. The fourth-order valence-corrected chi connectivity index (χ4v) is 6.81. The van der Waals surface area contributed by atoms with E-state index >= 15 is 0 Å². The van der Waals surface area contributed by atoms with Crippen molar-refractivity contribution in [2.45, 2.75) is 36.4 Å². The van der Waals surface area contributed by atoms with Crippen LogP contribution in [0.3, 0.4) is 0 Å². The summed E-state index contributed by atoms with van der Waals surface area (Å²) in [6, 6.07) is 27.1. The normalized spacial score (nSPS) is 21.7. The van der Waals surface area contributed by atoms with Crippen molar-refractivity contribution < 1.29 is 28.8 Å². The highest BCUT2D eigenvalue weighted by atomic mass is 32.2. The summed E-state index contributed by atoms with van der Waals surface area (Å²) < 4.78 is 6.19. The first-order valence-electron chi connectivity index (χ1n) is 14.3.